The molecule has 0 saturated heterocycles. The molecule has 1 heterocycles. The van der Waals surface area contributed by atoms with E-state index in [4.69, 9.17) is 4.42 Å². The molecule has 0 radical (unpaired) electrons. The number of hydrogen-bond acceptors (Lipinski definition) is 2. The van der Waals surface area contributed by atoms with Crippen LogP contribution in [0.2, 0.25) is 0 Å². The summed E-state index contributed by atoms with van der Waals surface area (Å²) in [6.07, 6.45) is 2.62. The topological polar surface area (TPSA) is 25.2 Å². The minimum Gasteiger partial charge on any atom is -0.464 e. The van der Waals surface area contributed by atoms with Crippen molar-refractivity contribution in [3.8, 4) is 11.3 Å². The molecule has 90 valence electrons. The van der Waals surface area contributed by atoms with Gasteiger partial charge >= 0.3 is 0 Å². The second kappa shape index (κ2) is 5.64. The summed E-state index contributed by atoms with van der Waals surface area (Å²) in [5, 5.41) is 3.24. The van der Waals surface area contributed by atoms with Crippen molar-refractivity contribution in [3.63, 3.8) is 0 Å². The molecule has 0 saturated carbocycles. The first kappa shape index (κ1) is 11.9. The van der Waals surface area contributed by atoms with E-state index in [1.54, 1.807) is 30.5 Å². The Morgan fingerprint density at radius 2 is 2.18 bits per heavy atom. The fraction of sp³-hybridized carbons (Fsp3) is 0.286. The Hall–Kier alpha value is -1.61. The van der Waals surface area contributed by atoms with E-state index in [1.165, 1.54) is 0 Å². The molecule has 0 aliphatic rings. The van der Waals surface area contributed by atoms with Crippen molar-refractivity contribution in [2.24, 2.45) is 0 Å². The Labute approximate surface area is 100 Å². The van der Waals surface area contributed by atoms with Crippen molar-refractivity contribution in [3.05, 3.63) is 48.0 Å². The van der Waals surface area contributed by atoms with E-state index >= 15 is 0 Å². The van der Waals surface area contributed by atoms with Gasteiger partial charge in [-0.15, -0.1) is 0 Å². The van der Waals surface area contributed by atoms with E-state index in [0.717, 1.165) is 18.5 Å². The largest absolute Gasteiger partial charge is 0.464 e. The normalized spacial score (nSPS) is 10.7. The maximum absolute atomic E-state index is 13.8. The highest BCUT2D eigenvalue weighted by Crippen LogP contribution is 2.23. The molecule has 0 atom stereocenters. The number of nitrogens with one attached hydrogen (secondary N) is 1. The summed E-state index contributed by atoms with van der Waals surface area (Å²) in [7, 11) is 0. The maximum Gasteiger partial charge on any atom is 0.136 e. The van der Waals surface area contributed by atoms with Crippen LogP contribution in [0, 0.1) is 5.82 Å². The van der Waals surface area contributed by atoms with Gasteiger partial charge in [0, 0.05) is 6.54 Å². The molecule has 0 aliphatic carbocycles. The number of furan rings is 1. The van der Waals surface area contributed by atoms with Gasteiger partial charge < -0.3 is 9.73 Å². The van der Waals surface area contributed by atoms with Gasteiger partial charge in [0.1, 0.15) is 11.6 Å². The summed E-state index contributed by atoms with van der Waals surface area (Å²) in [6, 6.07) is 8.75. The van der Waals surface area contributed by atoms with Crippen LogP contribution in [0.5, 0.6) is 0 Å². The molecule has 3 heteroatoms. The van der Waals surface area contributed by atoms with Gasteiger partial charge in [0.15, 0.2) is 0 Å². The number of rotatable bonds is 5. The molecule has 1 N–H and O–H groups in total. The summed E-state index contributed by atoms with van der Waals surface area (Å²) >= 11 is 0. The quantitative estimate of drug-likeness (QED) is 0.798. The molecule has 2 nitrogen and oxygen atoms in total. The minimum atomic E-state index is -0.240. The summed E-state index contributed by atoms with van der Waals surface area (Å²) in [5.41, 5.74) is 1.46. The molecule has 0 amide bonds. The Morgan fingerprint density at radius 1 is 1.29 bits per heavy atom. The van der Waals surface area contributed by atoms with Gasteiger partial charge in [-0.25, -0.2) is 4.39 Å². The molecule has 1 aromatic heterocycles. The number of halogens is 1. The average Bonchev–Trinajstić information content (AvgIpc) is 2.83. The van der Waals surface area contributed by atoms with Gasteiger partial charge in [0.05, 0.1) is 11.8 Å². The first-order valence-electron chi connectivity index (χ1n) is 5.84. The summed E-state index contributed by atoms with van der Waals surface area (Å²) in [4.78, 5) is 0. The molecule has 0 bridgehead atoms. The number of hydrogen-bond donors (Lipinski definition) is 1. The Balaban J connectivity index is 2.12. The van der Waals surface area contributed by atoms with Crippen LogP contribution < -0.4 is 5.32 Å². The molecule has 0 unspecified atom stereocenters. The van der Waals surface area contributed by atoms with Crippen LogP contribution in [-0.4, -0.2) is 6.54 Å². The van der Waals surface area contributed by atoms with Crippen LogP contribution >= 0.6 is 0 Å². The Morgan fingerprint density at radius 3 is 2.82 bits per heavy atom. The van der Waals surface area contributed by atoms with Crippen molar-refractivity contribution in [1.82, 2.24) is 5.32 Å². The smallest absolute Gasteiger partial charge is 0.136 e. The van der Waals surface area contributed by atoms with E-state index < -0.39 is 0 Å². The van der Waals surface area contributed by atoms with E-state index in [1.807, 2.05) is 6.07 Å². The van der Waals surface area contributed by atoms with Gasteiger partial charge in [-0.2, -0.15) is 0 Å². The van der Waals surface area contributed by atoms with E-state index in [0.29, 0.717) is 17.9 Å². The molecule has 17 heavy (non-hydrogen) atoms. The van der Waals surface area contributed by atoms with Crippen LogP contribution in [0.25, 0.3) is 11.3 Å². The molecule has 0 spiro atoms. The number of benzene rings is 1. The standard InChI is InChI=1S/C14H16FNO/c1-2-7-16-10-11-5-6-12(13(15)9-11)14-4-3-8-17-14/h3-6,8-9,16H,2,7,10H2,1H3. The highest BCUT2D eigenvalue weighted by Gasteiger charge is 2.07. The Kier molecular flexibility index (Phi) is 3.94. The fourth-order valence-electron chi connectivity index (χ4n) is 1.71. The molecule has 2 rings (SSSR count). The zero-order valence-corrected chi connectivity index (χ0v) is 9.87. The van der Waals surface area contributed by atoms with Crippen molar-refractivity contribution >= 4 is 0 Å². The first-order valence-corrected chi connectivity index (χ1v) is 5.84. The van der Waals surface area contributed by atoms with Gasteiger partial charge in [-0.05, 0) is 42.8 Å². The highest BCUT2D eigenvalue weighted by molar-refractivity contribution is 5.58. The zero-order valence-electron chi connectivity index (χ0n) is 9.87. The van der Waals surface area contributed by atoms with E-state index in [2.05, 4.69) is 12.2 Å². The molecule has 1 aromatic carbocycles. The second-order valence-corrected chi connectivity index (χ2v) is 3.97. The van der Waals surface area contributed by atoms with Gasteiger partial charge in [-0.3, -0.25) is 0 Å². The molecular weight excluding hydrogens is 217 g/mol. The van der Waals surface area contributed by atoms with Gasteiger partial charge in [0.2, 0.25) is 0 Å². The van der Waals surface area contributed by atoms with Crippen LogP contribution in [0.3, 0.4) is 0 Å². The Bertz CT molecular complexity index is 465. The third-order valence-corrected chi connectivity index (χ3v) is 2.58. The van der Waals surface area contributed by atoms with Crippen LogP contribution in [0.4, 0.5) is 4.39 Å². The van der Waals surface area contributed by atoms with E-state index in [9.17, 15) is 4.39 Å². The highest BCUT2D eigenvalue weighted by atomic mass is 19.1. The molecule has 0 aliphatic heterocycles. The SMILES string of the molecule is CCCNCc1ccc(-c2ccco2)c(F)c1. The van der Waals surface area contributed by atoms with Crippen molar-refractivity contribution in [2.75, 3.05) is 6.54 Å². The van der Waals surface area contributed by atoms with Crippen molar-refractivity contribution < 1.29 is 8.81 Å². The lowest BCUT2D eigenvalue weighted by Gasteiger charge is -2.05. The monoisotopic (exact) mass is 233 g/mol. The lowest BCUT2D eigenvalue weighted by Crippen LogP contribution is -2.13. The van der Waals surface area contributed by atoms with Crippen LogP contribution in [0.1, 0.15) is 18.9 Å². The lowest BCUT2D eigenvalue weighted by atomic mass is 10.1. The third kappa shape index (κ3) is 2.94. The molecule has 2 aromatic rings. The maximum atomic E-state index is 13.8. The fourth-order valence-corrected chi connectivity index (χ4v) is 1.71. The third-order valence-electron chi connectivity index (χ3n) is 2.58. The zero-order chi connectivity index (χ0) is 12.1. The second-order valence-electron chi connectivity index (χ2n) is 3.97. The minimum absolute atomic E-state index is 0.240. The lowest BCUT2D eigenvalue weighted by molar-refractivity contribution is 0.568. The summed E-state index contributed by atoms with van der Waals surface area (Å²) < 4.78 is 19.0. The molecular formula is C14H16FNO. The summed E-state index contributed by atoms with van der Waals surface area (Å²) in [6.45, 7) is 3.75. The van der Waals surface area contributed by atoms with Crippen LogP contribution in [-0.2, 0) is 6.54 Å². The van der Waals surface area contributed by atoms with Crippen LogP contribution in [0.15, 0.2) is 41.0 Å². The average molecular weight is 233 g/mol. The van der Waals surface area contributed by atoms with E-state index in [-0.39, 0.29) is 5.82 Å². The predicted molar refractivity (Wildman–Crippen MR) is 66.1 cm³/mol. The molecule has 0 fully saturated rings. The predicted octanol–water partition coefficient (Wildman–Crippen LogP) is 3.59. The summed E-state index contributed by atoms with van der Waals surface area (Å²) in [5.74, 6) is 0.325. The first-order chi connectivity index (χ1) is 8.31. The van der Waals surface area contributed by atoms with Crippen molar-refractivity contribution in [1.29, 1.82) is 0 Å². The van der Waals surface area contributed by atoms with Gasteiger partial charge in [-0.1, -0.05) is 13.0 Å². The van der Waals surface area contributed by atoms with Gasteiger partial charge in [0.25, 0.3) is 0 Å². The van der Waals surface area contributed by atoms with Crippen molar-refractivity contribution in [2.45, 2.75) is 19.9 Å².